The molecule has 0 unspecified atom stereocenters. The van der Waals surface area contributed by atoms with Gasteiger partial charge >= 0.3 is 5.97 Å². The van der Waals surface area contributed by atoms with Gasteiger partial charge in [-0.2, -0.15) is 0 Å². The number of methoxy groups -OCH3 is 2. The predicted molar refractivity (Wildman–Crippen MR) is 84.6 cm³/mol. The van der Waals surface area contributed by atoms with Crippen LogP contribution in [-0.4, -0.2) is 26.0 Å². The molecular formula is C15H16N2O4S. The molecule has 2 N–H and O–H groups in total. The molecule has 0 radical (unpaired) electrons. The number of hydrogen-bond donors (Lipinski definition) is 1. The minimum absolute atomic E-state index is 0.192. The molecule has 0 aliphatic rings. The van der Waals surface area contributed by atoms with Gasteiger partial charge in [0.05, 0.1) is 14.2 Å². The number of ether oxygens (including phenoxy) is 2. The Balaban J connectivity index is 2.00. The van der Waals surface area contributed by atoms with Crippen molar-refractivity contribution >= 4 is 23.1 Å². The minimum atomic E-state index is -0.523. The number of oxime groups is 1. The number of nitrogens with zero attached hydrogens (tertiary/aromatic N) is 1. The van der Waals surface area contributed by atoms with Crippen molar-refractivity contribution in [1.29, 1.82) is 0 Å². The van der Waals surface area contributed by atoms with Gasteiger partial charge in [0, 0.05) is 6.42 Å². The van der Waals surface area contributed by atoms with Gasteiger partial charge in [-0.25, -0.2) is 4.79 Å². The molecule has 7 heteroatoms. The monoisotopic (exact) mass is 320 g/mol. The highest BCUT2D eigenvalue weighted by Crippen LogP contribution is 2.27. The van der Waals surface area contributed by atoms with Gasteiger partial charge in [-0.1, -0.05) is 17.3 Å². The zero-order valence-corrected chi connectivity index (χ0v) is 13.1. The fourth-order valence-corrected chi connectivity index (χ4v) is 2.37. The summed E-state index contributed by atoms with van der Waals surface area (Å²) in [5.74, 6) is 0.900. The third kappa shape index (κ3) is 3.98. The first-order chi connectivity index (χ1) is 10.6. The van der Waals surface area contributed by atoms with Gasteiger partial charge in [0.1, 0.15) is 10.7 Å². The molecule has 0 saturated heterocycles. The maximum Gasteiger partial charge on any atom is 0.375 e. The molecule has 0 bridgehead atoms. The lowest BCUT2D eigenvalue weighted by Crippen LogP contribution is -2.16. The van der Waals surface area contributed by atoms with Gasteiger partial charge < -0.3 is 20.0 Å². The Morgan fingerprint density at radius 3 is 2.64 bits per heavy atom. The summed E-state index contributed by atoms with van der Waals surface area (Å²) in [5, 5.41) is 5.44. The average molecular weight is 320 g/mol. The van der Waals surface area contributed by atoms with E-state index in [2.05, 4.69) is 5.16 Å². The van der Waals surface area contributed by atoms with Gasteiger partial charge in [-0.15, -0.1) is 11.3 Å². The zero-order valence-electron chi connectivity index (χ0n) is 12.2. The van der Waals surface area contributed by atoms with Gasteiger partial charge in [-0.05, 0) is 29.1 Å². The molecule has 0 amide bonds. The van der Waals surface area contributed by atoms with Crippen molar-refractivity contribution < 1.29 is 19.1 Å². The Morgan fingerprint density at radius 1 is 1.23 bits per heavy atom. The molecule has 0 saturated carbocycles. The molecule has 22 heavy (non-hydrogen) atoms. The molecule has 6 nitrogen and oxygen atoms in total. The first kappa shape index (κ1) is 15.8. The van der Waals surface area contributed by atoms with Crippen LogP contribution in [0.15, 0.2) is 40.9 Å². The maximum absolute atomic E-state index is 11.6. The summed E-state index contributed by atoms with van der Waals surface area (Å²) in [6, 6.07) is 8.83. The highest BCUT2D eigenvalue weighted by Gasteiger charge is 2.09. The summed E-state index contributed by atoms with van der Waals surface area (Å²) in [5.41, 5.74) is 6.64. The molecule has 0 spiro atoms. The number of carbonyl (C=O) groups excluding carboxylic acids is 1. The van der Waals surface area contributed by atoms with E-state index in [0.29, 0.717) is 22.8 Å². The van der Waals surface area contributed by atoms with Crippen LogP contribution in [0.4, 0.5) is 0 Å². The molecule has 1 aromatic carbocycles. The lowest BCUT2D eigenvalue weighted by Gasteiger charge is -2.09. The third-order valence-corrected chi connectivity index (χ3v) is 3.65. The first-order valence-corrected chi connectivity index (χ1v) is 7.30. The molecule has 116 valence electrons. The summed E-state index contributed by atoms with van der Waals surface area (Å²) in [7, 11) is 3.12. The molecule has 1 aromatic heterocycles. The SMILES string of the molecule is COc1ccc(CC(N)=NOC(=O)c2cccs2)cc1OC. The Kier molecular flexibility index (Phi) is 5.37. The van der Waals surface area contributed by atoms with Crippen LogP contribution in [0.3, 0.4) is 0 Å². The highest BCUT2D eigenvalue weighted by molar-refractivity contribution is 7.11. The summed E-state index contributed by atoms with van der Waals surface area (Å²) in [6.07, 6.45) is 0.331. The second kappa shape index (κ2) is 7.46. The van der Waals surface area contributed by atoms with E-state index in [4.69, 9.17) is 20.0 Å². The number of hydrogen-bond acceptors (Lipinski definition) is 6. The van der Waals surface area contributed by atoms with Crippen molar-refractivity contribution in [2.24, 2.45) is 10.9 Å². The Bertz CT molecular complexity index is 668. The van der Waals surface area contributed by atoms with Gasteiger partial charge in [0.2, 0.25) is 0 Å². The summed E-state index contributed by atoms with van der Waals surface area (Å²) < 4.78 is 10.4. The Labute approximate surface area is 132 Å². The third-order valence-electron chi connectivity index (χ3n) is 2.80. The van der Waals surface area contributed by atoms with Crippen molar-refractivity contribution in [3.8, 4) is 11.5 Å². The predicted octanol–water partition coefficient (Wildman–Crippen LogP) is 2.44. The maximum atomic E-state index is 11.6. The summed E-state index contributed by atoms with van der Waals surface area (Å²) in [4.78, 5) is 16.9. The second-order valence-corrected chi connectivity index (χ2v) is 5.25. The number of nitrogens with two attached hydrogens (primary N) is 1. The zero-order chi connectivity index (χ0) is 15.9. The van der Waals surface area contributed by atoms with Gasteiger partial charge in [-0.3, -0.25) is 0 Å². The fourth-order valence-electron chi connectivity index (χ4n) is 1.77. The first-order valence-electron chi connectivity index (χ1n) is 6.42. The summed E-state index contributed by atoms with van der Waals surface area (Å²) >= 11 is 1.28. The van der Waals surface area contributed by atoms with Gasteiger partial charge in [0.15, 0.2) is 11.5 Å². The van der Waals surface area contributed by atoms with Crippen LogP contribution in [0.1, 0.15) is 15.2 Å². The van der Waals surface area contributed by atoms with E-state index in [1.54, 1.807) is 43.9 Å². The fraction of sp³-hybridized carbons (Fsp3) is 0.200. The number of amidine groups is 1. The lowest BCUT2D eigenvalue weighted by atomic mass is 10.1. The van der Waals surface area contributed by atoms with Crippen LogP contribution >= 0.6 is 11.3 Å². The van der Waals surface area contributed by atoms with Gasteiger partial charge in [0.25, 0.3) is 0 Å². The molecular weight excluding hydrogens is 304 g/mol. The molecule has 1 heterocycles. The van der Waals surface area contributed by atoms with E-state index in [-0.39, 0.29) is 5.84 Å². The van der Waals surface area contributed by atoms with E-state index in [0.717, 1.165) is 5.56 Å². The number of carbonyl (C=O) groups is 1. The largest absolute Gasteiger partial charge is 0.493 e. The topological polar surface area (TPSA) is 83.1 Å². The molecule has 0 aliphatic carbocycles. The van der Waals surface area contributed by atoms with Crippen LogP contribution in [0.2, 0.25) is 0 Å². The van der Waals surface area contributed by atoms with E-state index in [1.807, 2.05) is 6.07 Å². The summed E-state index contributed by atoms with van der Waals surface area (Å²) in [6.45, 7) is 0. The minimum Gasteiger partial charge on any atom is -0.493 e. The Morgan fingerprint density at radius 2 is 2.00 bits per heavy atom. The molecule has 0 fully saturated rings. The smallest absolute Gasteiger partial charge is 0.375 e. The number of rotatable bonds is 6. The highest BCUT2D eigenvalue weighted by atomic mass is 32.1. The molecule has 0 aliphatic heterocycles. The van der Waals surface area contributed by atoms with Crippen LogP contribution in [0.25, 0.3) is 0 Å². The van der Waals surface area contributed by atoms with Crippen molar-refractivity contribution in [2.45, 2.75) is 6.42 Å². The van der Waals surface area contributed by atoms with Crippen LogP contribution in [-0.2, 0) is 11.3 Å². The average Bonchev–Trinajstić information content (AvgIpc) is 3.07. The van der Waals surface area contributed by atoms with Crippen molar-refractivity contribution in [3.05, 3.63) is 46.2 Å². The number of thiophene rings is 1. The van der Waals surface area contributed by atoms with Crippen molar-refractivity contribution in [3.63, 3.8) is 0 Å². The standard InChI is InChI=1S/C15H16N2O4S/c1-19-11-6-5-10(8-12(11)20-2)9-14(16)17-21-15(18)13-4-3-7-22-13/h3-8H,9H2,1-2H3,(H2,16,17). The van der Waals surface area contributed by atoms with Crippen LogP contribution in [0, 0.1) is 0 Å². The van der Waals surface area contributed by atoms with E-state index < -0.39 is 5.97 Å². The molecule has 2 aromatic rings. The van der Waals surface area contributed by atoms with Crippen LogP contribution < -0.4 is 15.2 Å². The number of benzene rings is 1. The van der Waals surface area contributed by atoms with Crippen molar-refractivity contribution in [1.82, 2.24) is 0 Å². The Hall–Kier alpha value is -2.54. The second-order valence-electron chi connectivity index (χ2n) is 4.30. The normalized spacial score (nSPS) is 11.1. The van der Waals surface area contributed by atoms with Crippen LogP contribution in [0.5, 0.6) is 11.5 Å². The molecule has 2 rings (SSSR count). The van der Waals surface area contributed by atoms with Crippen molar-refractivity contribution in [2.75, 3.05) is 14.2 Å². The quantitative estimate of drug-likeness (QED) is 0.382. The molecule has 0 atom stereocenters. The van der Waals surface area contributed by atoms with E-state index >= 15 is 0 Å². The van der Waals surface area contributed by atoms with E-state index in [1.165, 1.54) is 11.3 Å². The van der Waals surface area contributed by atoms with E-state index in [9.17, 15) is 4.79 Å². The lowest BCUT2D eigenvalue weighted by molar-refractivity contribution is 0.0520.